The van der Waals surface area contributed by atoms with Gasteiger partial charge in [0.1, 0.15) is 0 Å². The number of benzene rings is 1. The molecule has 0 saturated heterocycles. The fourth-order valence-corrected chi connectivity index (χ4v) is 3.99. The van der Waals surface area contributed by atoms with Crippen LogP contribution in [0.4, 0.5) is 0 Å². The van der Waals surface area contributed by atoms with Crippen LogP contribution in [0.2, 0.25) is 0 Å². The van der Waals surface area contributed by atoms with E-state index in [1.807, 2.05) is 0 Å². The van der Waals surface area contributed by atoms with Gasteiger partial charge in [0, 0.05) is 0 Å². The van der Waals surface area contributed by atoms with E-state index in [0.717, 1.165) is 4.48 Å². The van der Waals surface area contributed by atoms with Crippen LogP contribution in [0.25, 0.3) is 0 Å². The summed E-state index contributed by atoms with van der Waals surface area (Å²) in [4.78, 5) is 20.9. The number of carbonyl (C=O) groups is 2. The van der Waals surface area contributed by atoms with E-state index in [1.54, 1.807) is 0 Å². The van der Waals surface area contributed by atoms with Crippen molar-refractivity contribution in [2.45, 2.75) is 110 Å². The molecule has 2 N–H and O–H groups in total. The van der Waals surface area contributed by atoms with E-state index in [-0.39, 0.29) is 11.1 Å². The zero-order valence-electron chi connectivity index (χ0n) is 22.5. The maximum Gasteiger partial charge on any atom is 0.336 e. The molecule has 34 heavy (non-hydrogen) atoms. The molecule has 1 aromatic rings. The van der Waals surface area contributed by atoms with Crippen LogP contribution in [0.15, 0.2) is 24.3 Å². The summed E-state index contributed by atoms with van der Waals surface area (Å²) in [7, 11) is 6.89. The van der Waals surface area contributed by atoms with Gasteiger partial charge in [-0.3, -0.25) is 0 Å². The Kier molecular flexibility index (Phi) is 19.4. The third kappa shape index (κ3) is 19.6. The van der Waals surface area contributed by atoms with Gasteiger partial charge in [0.05, 0.1) is 38.8 Å². The summed E-state index contributed by atoms with van der Waals surface area (Å²) < 4.78 is 1.12. The summed E-state index contributed by atoms with van der Waals surface area (Å²) in [5.41, 5.74) is -0.380. The Morgan fingerprint density at radius 1 is 0.588 bits per heavy atom. The van der Waals surface area contributed by atoms with Crippen molar-refractivity contribution in [3.63, 3.8) is 0 Å². The second-order valence-corrected chi connectivity index (χ2v) is 10.5. The molecule has 0 atom stereocenters. The Morgan fingerprint density at radius 3 is 1.15 bits per heavy atom. The second kappa shape index (κ2) is 20.5. The minimum Gasteiger partial charge on any atom is -0.478 e. The highest BCUT2D eigenvalue weighted by molar-refractivity contribution is 6.01. The quantitative estimate of drug-likeness (QED) is 0.156. The molecule has 0 saturated carbocycles. The van der Waals surface area contributed by atoms with Crippen LogP contribution >= 0.6 is 0 Å². The number of carboxylic acids is 2. The summed E-state index contributed by atoms with van der Waals surface area (Å²) in [6.45, 7) is 3.63. The minimum atomic E-state index is -1.23. The molecule has 0 aliphatic carbocycles. The highest BCUT2D eigenvalue weighted by Crippen LogP contribution is 2.14. The first kappa shape index (κ1) is 32.1. The van der Waals surface area contributed by atoms with Gasteiger partial charge in [0.25, 0.3) is 0 Å². The number of quaternary nitrogens is 1. The van der Waals surface area contributed by atoms with Crippen LogP contribution in [0.3, 0.4) is 0 Å². The number of carboxylic acid groups (broad SMARTS) is 2. The molecule has 0 fully saturated rings. The predicted molar refractivity (Wildman–Crippen MR) is 143 cm³/mol. The standard InChI is InChI=1S/C21H46N.C8H6O4/c1-5-6-7-8-9-10-11-12-13-14-15-16-17-18-19-20-21-22(2,3)4;9-7(10)5-3-1-2-4-6(5)8(11)12/h5-21H2,1-4H3;1-4H,(H,9,10)(H,11,12)/q+1;. The summed E-state index contributed by atoms with van der Waals surface area (Å²) in [5.74, 6) is -2.46. The van der Waals surface area contributed by atoms with Crippen LogP contribution in [0, 0.1) is 0 Å². The molecule has 0 aliphatic rings. The summed E-state index contributed by atoms with van der Waals surface area (Å²) in [5, 5.41) is 17.1. The third-order valence-electron chi connectivity index (χ3n) is 6.07. The molecule has 0 heterocycles. The Morgan fingerprint density at radius 2 is 0.882 bits per heavy atom. The SMILES string of the molecule is CCCCCCCCCCCCCCCCCC[N+](C)(C)C.O=C(O)c1ccccc1C(=O)O. The van der Waals surface area contributed by atoms with Gasteiger partial charge < -0.3 is 14.7 Å². The second-order valence-electron chi connectivity index (χ2n) is 10.5. The molecule has 0 aromatic heterocycles. The van der Waals surface area contributed by atoms with Crippen molar-refractivity contribution in [3.05, 3.63) is 35.4 Å². The van der Waals surface area contributed by atoms with Crippen LogP contribution in [0.1, 0.15) is 130 Å². The van der Waals surface area contributed by atoms with Crippen molar-refractivity contribution >= 4 is 11.9 Å². The van der Waals surface area contributed by atoms with E-state index in [4.69, 9.17) is 10.2 Å². The van der Waals surface area contributed by atoms with Gasteiger partial charge in [-0.2, -0.15) is 0 Å². The topological polar surface area (TPSA) is 74.6 Å². The van der Waals surface area contributed by atoms with Crippen molar-refractivity contribution in [3.8, 4) is 0 Å². The van der Waals surface area contributed by atoms with Crippen molar-refractivity contribution in [1.29, 1.82) is 0 Å². The van der Waals surface area contributed by atoms with Gasteiger partial charge in [-0.1, -0.05) is 109 Å². The zero-order valence-corrected chi connectivity index (χ0v) is 22.5. The Labute approximate surface area is 209 Å². The zero-order chi connectivity index (χ0) is 25.7. The number of unbranched alkanes of at least 4 members (excludes halogenated alkanes) is 15. The molecule has 5 nitrogen and oxygen atoms in total. The van der Waals surface area contributed by atoms with Crippen molar-refractivity contribution in [2.24, 2.45) is 0 Å². The molecule has 0 amide bonds. The molecular weight excluding hydrogens is 426 g/mol. The van der Waals surface area contributed by atoms with E-state index >= 15 is 0 Å². The van der Waals surface area contributed by atoms with Gasteiger partial charge in [-0.25, -0.2) is 9.59 Å². The first-order valence-corrected chi connectivity index (χ1v) is 13.5. The van der Waals surface area contributed by atoms with E-state index in [9.17, 15) is 9.59 Å². The number of hydrogen-bond acceptors (Lipinski definition) is 2. The summed E-state index contributed by atoms with van der Waals surface area (Å²) in [6, 6.07) is 5.48. The van der Waals surface area contributed by atoms with Gasteiger partial charge >= 0.3 is 11.9 Å². The predicted octanol–water partition coefficient (Wildman–Crippen LogP) is 8.04. The van der Waals surface area contributed by atoms with Gasteiger partial charge in [-0.15, -0.1) is 0 Å². The van der Waals surface area contributed by atoms with Gasteiger partial charge in [-0.05, 0) is 25.0 Å². The number of aromatic carboxylic acids is 2. The van der Waals surface area contributed by atoms with Crippen LogP contribution in [-0.4, -0.2) is 54.3 Å². The first-order chi connectivity index (χ1) is 16.2. The molecule has 0 spiro atoms. The molecule has 0 bridgehead atoms. The lowest BCUT2D eigenvalue weighted by Crippen LogP contribution is -2.35. The highest BCUT2D eigenvalue weighted by Gasteiger charge is 2.13. The minimum absolute atomic E-state index is 0.190. The van der Waals surface area contributed by atoms with Crippen LogP contribution < -0.4 is 0 Å². The van der Waals surface area contributed by atoms with Gasteiger partial charge in [0.2, 0.25) is 0 Å². The monoisotopic (exact) mass is 478 g/mol. The lowest BCUT2D eigenvalue weighted by atomic mass is 10.0. The molecule has 5 heteroatoms. The number of hydrogen-bond donors (Lipinski definition) is 2. The molecule has 196 valence electrons. The molecule has 0 radical (unpaired) electrons. The van der Waals surface area contributed by atoms with Crippen LogP contribution in [0.5, 0.6) is 0 Å². The fraction of sp³-hybridized carbons (Fsp3) is 0.724. The number of nitrogens with zero attached hydrogens (tertiary/aromatic N) is 1. The van der Waals surface area contributed by atoms with E-state index in [1.165, 1.54) is 134 Å². The summed E-state index contributed by atoms with van der Waals surface area (Å²) >= 11 is 0. The Hall–Kier alpha value is -1.88. The highest BCUT2D eigenvalue weighted by atomic mass is 16.4. The van der Waals surface area contributed by atoms with E-state index < -0.39 is 11.9 Å². The van der Waals surface area contributed by atoms with E-state index in [2.05, 4.69) is 28.1 Å². The van der Waals surface area contributed by atoms with Crippen molar-refractivity contribution < 1.29 is 24.3 Å². The normalized spacial score (nSPS) is 11.1. The van der Waals surface area contributed by atoms with E-state index in [0.29, 0.717) is 0 Å². The lowest BCUT2D eigenvalue weighted by Gasteiger charge is -2.23. The maximum atomic E-state index is 10.5. The fourth-order valence-electron chi connectivity index (χ4n) is 3.99. The maximum absolute atomic E-state index is 10.5. The third-order valence-corrected chi connectivity index (χ3v) is 6.07. The molecule has 0 aliphatic heterocycles. The number of rotatable bonds is 19. The van der Waals surface area contributed by atoms with Crippen LogP contribution in [-0.2, 0) is 0 Å². The average Bonchev–Trinajstić information content (AvgIpc) is 2.78. The average molecular weight is 479 g/mol. The largest absolute Gasteiger partial charge is 0.478 e. The summed E-state index contributed by atoms with van der Waals surface area (Å²) in [6.07, 6.45) is 23.4. The first-order valence-electron chi connectivity index (χ1n) is 13.5. The van der Waals surface area contributed by atoms with Gasteiger partial charge in [0.15, 0.2) is 0 Å². The molecule has 0 unspecified atom stereocenters. The Bertz CT molecular complexity index is 619. The van der Waals surface area contributed by atoms with Crippen molar-refractivity contribution in [1.82, 2.24) is 0 Å². The molecule has 1 aromatic carbocycles. The Balaban J connectivity index is 0.000000757. The lowest BCUT2D eigenvalue weighted by molar-refractivity contribution is -0.870. The smallest absolute Gasteiger partial charge is 0.336 e. The van der Waals surface area contributed by atoms with Crippen molar-refractivity contribution in [2.75, 3.05) is 27.7 Å². The molecular formula is C29H52NO4+. The molecule has 1 rings (SSSR count).